The molecule has 0 unspecified atom stereocenters. The van der Waals surface area contributed by atoms with Gasteiger partial charge < -0.3 is 15.8 Å². The maximum absolute atomic E-state index is 12.4. The van der Waals surface area contributed by atoms with Gasteiger partial charge in [0.1, 0.15) is 5.75 Å². The second-order valence-corrected chi connectivity index (χ2v) is 6.40. The van der Waals surface area contributed by atoms with E-state index in [0.717, 1.165) is 30.6 Å². The van der Waals surface area contributed by atoms with Crippen molar-refractivity contribution in [2.24, 2.45) is 11.7 Å². The number of fused-ring (bicyclic) bond motifs is 1. The summed E-state index contributed by atoms with van der Waals surface area (Å²) in [7, 11) is 0. The molecule has 0 aromatic heterocycles. The lowest BCUT2D eigenvalue weighted by atomic mass is 10.0. The zero-order valence-corrected chi connectivity index (χ0v) is 12.8. The van der Waals surface area contributed by atoms with Crippen molar-refractivity contribution in [1.82, 2.24) is 5.32 Å². The largest absolute Gasteiger partial charge is 0.480 e. The van der Waals surface area contributed by atoms with Crippen LogP contribution < -0.4 is 15.8 Å². The fraction of sp³-hybridized carbons (Fsp3) is 0.588. The molecular formula is C17H24N2O2. The Morgan fingerprint density at radius 1 is 1.33 bits per heavy atom. The quantitative estimate of drug-likeness (QED) is 0.892. The third kappa shape index (κ3) is 2.77. The van der Waals surface area contributed by atoms with E-state index < -0.39 is 0 Å². The highest BCUT2D eigenvalue weighted by Crippen LogP contribution is 2.32. The molecule has 0 radical (unpaired) electrons. The molecule has 1 fully saturated rings. The standard InChI is InChI=1S/C17H24N2O2/c1-10-6-13-8-16(21-15(13)7-11(10)2)17(20)19-14-5-3-4-12(14)9-18/h6-7,12,14,16H,3-5,8-9,18H2,1-2H3,(H,19,20)/t12-,14-,16-/m0/s1. The van der Waals surface area contributed by atoms with Gasteiger partial charge in [0.15, 0.2) is 6.10 Å². The summed E-state index contributed by atoms with van der Waals surface area (Å²) < 4.78 is 5.84. The van der Waals surface area contributed by atoms with Crippen LogP contribution in [0, 0.1) is 19.8 Å². The average Bonchev–Trinajstić information content (AvgIpc) is 3.05. The van der Waals surface area contributed by atoms with Crippen LogP contribution in [-0.4, -0.2) is 24.6 Å². The van der Waals surface area contributed by atoms with E-state index in [9.17, 15) is 4.79 Å². The van der Waals surface area contributed by atoms with Crippen molar-refractivity contribution in [3.8, 4) is 5.75 Å². The fourth-order valence-electron chi connectivity index (χ4n) is 3.44. The average molecular weight is 288 g/mol. The molecule has 4 heteroatoms. The lowest BCUT2D eigenvalue weighted by Gasteiger charge is -2.21. The summed E-state index contributed by atoms with van der Waals surface area (Å²) in [4.78, 5) is 12.4. The van der Waals surface area contributed by atoms with E-state index in [1.54, 1.807) is 0 Å². The topological polar surface area (TPSA) is 64.3 Å². The highest BCUT2D eigenvalue weighted by Gasteiger charge is 2.33. The van der Waals surface area contributed by atoms with Crippen molar-refractivity contribution in [3.05, 3.63) is 28.8 Å². The molecule has 1 aromatic rings. The van der Waals surface area contributed by atoms with Gasteiger partial charge in [-0.2, -0.15) is 0 Å². The van der Waals surface area contributed by atoms with E-state index in [1.165, 1.54) is 11.1 Å². The van der Waals surface area contributed by atoms with Crippen molar-refractivity contribution in [2.75, 3.05) is 6.54 Å². The molecule has 1 heterocycles. The number of rotatable bonds is 3. The first-order valence-corrected chi connectivity index (χ1v) is 7.85. The maximum Gasteiger partial charge on any atom is 0.261 e. The lowest BCUT2D eigenvalue weighted by molar-refractivity contribution is -0.128. The number of hydrogen-bond acceptors (Lipinski definition) is 3. The van der Waals surface area contributed by atoms with Crippen molar-refractivity contribution >= 4 is 5.91 Å². The summed E-state index contributed by atoms with van der Waals surface area (Å²) in [5.41, 5.74) is 9.36. The van der Waals surface area contributed by atoms with Gasteiger partial charge in [-0.15, -0.1) is 0 Å². The molecule has 0 spiro atoms. The summed E-state index contributed by atoms with van der Waals surface area (Å²) in [5, 5.41) is 3.14. The predicted octanol–water partition coefficient (Wildman–Crippen LogP) is 1.85. The van der Waals surface area contributed by atoms with Crippen LogP contribution in [0.1, 0.15) is 36.0 Å². The van der Waals surface area contributed by atoms with Crippen LogP contribution in [0.15, 0.2) is 12.1 Å². The second kappa shape index (κ2) is 5.68. The highest BCUT2D eigenvalue weighted by molar-refractivity contribution is 5.83. The van der Waals surface area contributed by atoms with E-state index in [1.807, 2.05) is 6.07 Å². The normalized spacial score (nSPS) is 27.3. The number of amides is 1. The molecular weight excluding hydrogens is 264 g/mol. The number of nitrogens with one attached hydrogen (secondary N) is 1. The molecule has 1 aromatic carbocycles. The van der Waals surface area contributed by atoms with E-state index in [4.69, 9.17) is 10.5 Å². The van der Waals surface area contributed by atoms with Gasteiger partial charge in [0.05, 0.1) is 0 Å². The van der Waals surface area contributed by atoms with Crippen molar-refractivity contribution < 1.29 is 9.53 Å². The third-order valence-corrected chi connectivity index (χ3v) is 4.93. The smallest absolute Gasteiger partial charge is 0.261 e. The Bertz CT molecular complexity index is 525. The first kappa shape index (κ1) is 14.4. The van der Waals surface area contributed by atoms with Crippen LogP contribution in [0.25, 0.3) is 0 Å². The van der Waals surface area contributed by atoms with Crippen LogP contribution in [0.2, 0.25) is 0 Å². The molecule has 3 N–H and O–H groups in total. The lowest BCUT2D eigenvalue weighted by Crippen LogP contribution is -2.46. The van der Waals surface area contributed by atoms with Gasteiger partial charge in [-0.1, -0.05) is 12.5 Å². The highest BCUT2D eigenvalue weighted by atomic mass is 16.5. The minimum Gasteiger partial charge on any atom is -0.480 e. The second-order valence-electron chi connectivity index (χ2n) is 6.40. The summed E-state index contributed by atoms with van der Waals surface area (Å²) in [5.74, 6) is 1.29. The summed E-state index contributed by atoms with van der Waals surface area (Å²) in [6.07, 6.45) is 3.58. The Balaban J connectivity index is 1.65. The molecule has 1 aliphatic heterocycles. The molecule has 1 aliphatic carbocycles. The number of ether oxygens (including phenoxy) is 1. The van der Waals surface area contributed by atoms with Gasteiger partial charge in [-0.3, -0.25) is 4.79 Å². The fourth-order valence-corrected chi connectivity index (χ4v) is 3.44. The number of nitrogens with two attached hydrogens (primary N) is 1. The first-order chi connectivity index (χ1) is 10.1. The Kier molecular flexibility index (Phi) is 3.89. The summed E-state index contributed by atoms with van der Waals surface area (Å²) >= 11 is 0. The zero-order chi connectivity index (χ0) is 15.0. The van der Waals surface area contributed by atoms with Gasteiger partial charge >= 0.3 is 0 Å². The third-order valence-electron chi connectivity index (χ3n) is 4.93. The van der Waals surface area contributed by atoms with Crippen LogP contribution in [0.5, 0.6) is 5.75 Å². The molecule has 1 saturated carbocycles. The zero-order valence-electron chi connectivity index (χ0n) is 12.8. The Hall–Kier alpha value is -1.55. The number of carbonyl (C=O) groups excluding carboxylic acids is 1. The van der Waals surface area contributed by atoms with E-state index in [-0.39, 0.29) is 18.1 Å². The van der Waals surface area contributed by atoms with Gasteiger partial charge in [0.2, 0.25) is 0 Å². The molecule has 3 atom stereocenters. The SMILES string of the molecule is Cc1cc2c(cc1C)O[C@H](C(=O)N[C@H]1CCC[C@H]1CN)C2. The number of aryl methyl sites for hydroxylation is 2. The van der Waals surface area contributed by atoms with Gasteiger partial charge in [0, 0.05) is 12.5 Å². The monoisotopic (exact) mass is 288 g/mol. The van der Waals surface area contributed by atoms with Gasteiger partial charge in [-0.25, -0.2) is 0 Å². The van der Waals surface area contributed by atoms with E-state index in [2.05, 4.69) is 25.2 Å². The summed E-state index contributed by atoms with van der Waals surface area (Å²) in [6, 6.07) is 4.39. The minimum absolute atomic E-state index is 0.00635. The van der Waals surface area contributed by atoms with E-state index >= 15 is 0 Å². The molecule has 2 aliphatic rings. The van der Waals surface area contributed by atoms with Crippen LogP contribution in [0.4, 0.5) is 0 Å². The molecule has 0 bridgehead atoms. The van der Waals surface area contributed by atoms with Crippen LogP contribution >= 0.6 is 0 Å². The predicted molar refractivity (Wildman–Crippen MR) is 82.4 cm³/mol. The first-order valence-electron chi connectivity index (χ1n) is 7.85. The number of hydrogen-bond donors (Lipinski definition) is 2. The maximum atomic E-state index is 12.4. The number of benzene rings is 1. The number of carbonyl (C=O) groups is 1. The molecule has 0 saturated heterocycles. The minimum atomic E-state index is -0.389. The Morgan fingerprint density at radius 2 is 2.10 bits per heavy atom. The van der Waals surface area contributed by atoms with Crippen molar-refractivity contribution in [1.29, 1.82) is 0 Å². The van der Waals surface area contributed by atoms with E-state index in [0.29, 0.717) is 18.9 Å². The van der Waals surface area contributed by atoms with Gasteiger partial charge in [0.25, 0.3) is 5.91 Å². The van der Waals surface area contributed by atoms with Crippen LogP contribution in [0.3, 0.4) is 0 Å². The molecule has 3 rings (SSSR count). The molecule has 114 valence electrons. The Morgan fingerprint density at radius 3 is 2.86 bits per heavy atom. The molecule has 4 nitrogen and oxygen atoms in total. The van der Waals surface area contributed by atoms with Crippen LogP contribution in [-0.2, 0) is 11.2 Å². The van der Waals surface area contributed by atoms with Crippen molar-refractivity contribution in [2.45, 2.75) is 51.7 Å². The molecule has 1 amide bonds. The van der Waals surface area contributed by atoms with Gasteiger partial charge in [-0.05, 0) is 61.9 Å². The summed E-state index contributed by atoms with van der Waals surface area (Å²) in [6.45, 7) is 4.80. The van der Waals surface area contributed by atoms with Crippen molar-refractivity contribution in [3.63, 3.8) is 0 Å². The molecule has 21 heavy (non-hydrogen) atoms. The Labute approximate surface area is 126 Å².